The zero-order valence-electron chi connectivity index (χ0n) is 11.3. The fraction of sp³-hybridized carbons (Fsp3) is 0.400. The number of nitrogens with one attached hydrogen (secondary N) is 1. The van der Waals surface area contributed by atoms with Crippen LogP contribution in [0.15, 0.2) is 28.9 Å². The van der Waals surface area contributed by atoms with Crippen LogP contribution in [0.2, 0.25) is 0 Å². The Kier molecular flexibility index (Phi) is 3.46. The summed E-state index contributed by atoms with van der Waals surface area (Å²) in [7, 11) is 0. The molecule has 0 radical (unpaired) electrons. The van der Waals surface area contributed by atoms with Crippen LogP contribution in [-0.4, -0.2) is 22.9 Å². The quantitative estimate of drug-likeness (QED) is 0.918. The molecule has 2 heterocycles. The van der Waals surface area contributed by atoms with Crippen LogP contribution in [0.1, 0.15) is 23.7 Å². The lowest BCUT2D eigenvalue weighted by molar-refractivity contribution is 0.480. The Morgan fingerprint density at radius 3 is 2.84 bits per heavy atom. The van der Waals surface area contributed by atoms with Gasteiger partial charge in [-0.3, -0.25) is 4.68 Å². The lowest BCUT2D eigenvalue weighted by Gasteiger charge is -2.12. The zero-order chi connectivity index (χ0) is 13.4. The van der Waals surface area contributed by atoms with Crippen molar-refractivity contribution in [3.8, 4) is 11.1 Å². The predicted molar refractivity (Wildman–Crippen MR) is 81.4 cm³/mol. The Labute approximate surface area is 122 Å². The van der Waals surface area contributed by atoms with Gasteiger partial charge in [-0.05, 0) is 50.1 Å². The third-order valence-corrected chi connectivity index (χ3v) is 4.40. The molecule has 1 unspecified atom stereocenters. The van der Waals surface area contributed by atoms with Gasteiger partial charge >= 0.3 is 0 Å². The van der Waals surface area contributed by atoms with Gasteiger partial charge in [0.2, 0.25) is 0 Å². The maximum absolute atomic E-state index is 4.60. The van der Waals surface area contributed by atoms with E-state index in [9.17, 15) is 0 Å². The minimum atomic E-state index is 0.504. The second-order valence-corrected chi connectivity index (χ2v) is 6.11. The molecule has 1 aromatic carbocycles. The summed E-state index contributed by atoms with van der Waals surface area (Å²) in [6.07, 6.45) is 3.17. The van der Waals surface area contributed by atoms with Crippen LogP contribution >= 0.6 is 15.9 Å². The van der Waals surface area contributed by atoms with Crippen LogP contribution in [0.25, 0.3) is 11.1 Å². The molecule has 1 atom stereocenters. The number of nitrogens with zero attached hydrogens (tertiary/aromatic N) is 2. The zero-order valence-corrected chi connectivity index (χ0v) is 12.9. The van der Waals surface area contributed by atoms with Crippen LogP contribution in [0.3, 0.4) is 0 Å². The fourth-order valence-electron chi connectivity index (χ4n) is 2.83. The van der Waals surface area contributed by atoms with Gasteiger partial charge < -0.3 is 5.32 Å². The standard InChI is InChI=1S/C15H18BrN3/c1-10-7-12(16)3-4-14(10)15-9-18-19(11(15)2)13-5-6-17-8-13/h3-4,7,9,13,17H,5-6,8H2,1-2H3. The number of halogens is 1. The van der Waals surface area contributed by atoms with Crippen LogP contribution in [0, 0.1) is 13.8 Å². The van der Waals surface area contributed by atoms with Crippen LogP contribution in [-0.2, 0) is 0 Å². The number of benzene rings is 1. The number of rotatable bonds is 2. The van der Waals surface area contributed by atoms with Crippen molar-refractivity contribution in [2.75, 3.05) is 13.1 Å². The van der Waals surface area contributed by atoms with Gasteiger partial charge in [0.25, 0.3) is 0 Å². The first-order valence-electron chi connectivity index (χ1n) is 6.68. The van der Waals surface area contributed by atoms with Gasteiger partial charge in [0.05, 0.1) is 12.2 Å². The second kappa shape index (κ2) is 5.10. The number of hydrogen-bond donors (Lipinski definition) is 1. The van der Waals surface area contributed by atoms with E-state index in [0.29, 0.717) is 6.04 Å². The van der Waals surface area contributed by atoms with Crippen LogP contribution in [0.5, 0.6) is 0 Å². The van der Waals surface area contributed by atoms with Crippen molar-refractivity contribution in [1.29, 1.82) is 0 Å². The van der Waals surface area contributed by atoms with Crippen LogP contribution < -0.4 is 5.32 Å². The van der Waals surface area contributed by atoms with Gasteiger partial charge in [-0.1, -0.05) is 22.0 Å². The lowest BCUT2D eigenvalue weighted by atomic mass is 10.0. The molecule has 19 heavy (non-hydrogen) atoms. The van der Waals surface area contributed by atoms with Gasteiger partial charge in [0, 0.05) is 22.3 Å². The molecule has 1 aliphatic heterocycles. The van der Waals surface area contributed by atoms with Crippen molar-refractivity contribution in [3.63, 3.8) is 0 Å². The minimum Gasteiger partial charge on any atom is -0.315 e. The molecule has 4 heteroatoms. The summed E-state index contributed by atoms with van der Waals surface area (Å²) in [5, 5.41) is 8.00. The molecule has 0 saturated carbocycles. The first-order chi connectivity index (χ1) is 9.16. The first kappa shape index (κ1) is 12.9. The highest BCUT2D eigenvalue weighted by atomic mass is 79.9. The molecule has 0 spiro atoms. The molecule has 3 nitrogen and oxygen atoms in total. The molecule has 0 bridgehead atoms. The van der Waals surface area contributed by atoms with Gasteiger partial charge in [-0.15, -0.1) is 0 Å². The summed E-state index contributed by atoms with van der Waals surface area (Å²) < 4.78 is 3.30. The number of aromatic nitrogens is 2. The smallest absolute Gasteiger partial charge is 0.0658 e. The van der Waals surface area contributed by atoms with E-state index in [1.165, 1.54) is 28.8 Å². The third kappa shape index (κ3) is 2.35. The lowest BCUT2D eigenvalue weighted by Crippen LogP contribution is -2.15. The molecular formula is C15H18BrN3. The Morgan fingerprint density at radius 1 is 1.32 bits per heavy atom. The highest BCUT2D eigenvalue weighted by Crippen LogP contribution is 2.30. The molecule has 0 amide bonds. The summed E-state index contributed by atoms with van der Waals surface area (Å²) in [6, 6.07) is 6.92. The molecule has 100 valence electrons. The molecule has 2 aromatic rings. The molecule has 1 fully saturated rings. The van der Waals surface area contributed by atoms with Crippen molar-refractivity contribution in [2.45, 2.75) is 26.3 Å². The van der Waals surface area contributed by atoms with E-state index in [2.05, 4.69) is 63.1 Å². The Hall–Kier alpha value is -1.13. The van der Waals surface area contributed by atoms with Gasteiger partial charge in [0.1, 0.15) is 0 Å². The van der Waals surface area contributed by atoms with Gasteiger partial charge in [-0.2, -0.15) is 5.10 Å². The van der Waals surface area contributed by atoms with Crippen molar-refractivity contribution < 1.29 is 0 Å². The maximum Gasteiger partial charge on any atom is 0.0658 e. The largest absolute Gasteiger partial charge is 0.315 e. The minimum absolute atomic E-state index is 0.504. The summed E-state index contributed by atoms with van der Waals surface area (Å²) in [4.78, 5) is 0. The number of aryl methyl sites for hydroxylation is 1. The highest BCUT2D eigenvalue weighted by Gasteiger charge is 2.20. The number of hydrogen-bond acceptors (Lipinski definition) is 2. The fourth-order valence-corrected chi connectivity index (χ4v) is 3.31. The van der Waals surface area contributed by atoms with E-state index in [-0.39, 0.29) is 0 Å². The summed E-state index contributed by atoms with van der Waals surface area (Å²) in [5.41, 5.74) is 5.07. The van der Waals surface area contributed by atoms with E-state index in [1.54, 1.807) is 0 Å². The van der Waals surface area contributed by atoms with Crippen molar-refractivity contribution in [2.24, 2.45) is 0 Å². The molecule has 3 rings (SSSR count). The van der Waals surface area contributed by atoms with Crippen molar-refractivity contribution >= 4 is 15.9 Å². The SMILES string of the molecule is Cc1cc(Br)ccc1-c1cnn(C2CCNC2)c1C. The average Bonchev–Trinajstić information content (AvgIpc) is 2.99. The normalized spacial score (nSPS) is 19.0. The second-order valence-electron chi connectivity index (χ2n) is 5.19. The van der Waals surface area contributed by atoms with Crippen LogP contribution in [0.4, 0.5) is 0 Å². The molecular weight excluding hydrogens is 302 g/mol. The topological polar surface area (TPSA) is 29.9 Å². The average molecular weight is 320 g/mol. The van der Waals surface area contributed by atoms with E-state index in [1.807, 2.05) is 6.20 Å². The van der Waals surface area contributed by atoms with E-state index in [0.717, 1.165) is 17.6 Å². The summed E-state index contributed by atoms with van der Waals surface area (Å²) in [5.74, 6) is 0. The third-order valence-electron chi connectivity index (χ3n) is 3.90. The van der Waals surface area contributed by atoms with E-state index < -0.39 is 0 Å². The Balaban J connectivity index is 2.01. The Bertz CT molecular complexity index is 597. The van der Waals surface area contributed by atoms with Gasteiger partial charge in [0.15, 0.2) is 0 Å². The Morgan fingerprint density at radius 2 is 2.16 bits per heavy atom. The first-order valence-corrected chi connectivity index (χ1v) is 7.47. The van der Waals surface area contributed by atoms with Crippen molar-refractivity contribution in [3.05, 3.63) is 40.1 Å². The van der Waals surface area contributed by atoms with Gasteiger partial charge in [-0.25, -0.2) is 0 Å². The molecule has 1 aliphatic rings. The predicted octanol–water partition coefficient (Wildman–Crippen LogP) is 3.46. The monoisotopic (exact) mass is 319 g/mol. The summed E-state index contributed by atoms with van der Waals surface area (Å²) in [6.45, 7) is 6.44. The molecule has 1 saturated heterocycles. The van der Waals surface area contributed by atoms with E-state index in [4.69, 9.17) is 0 Å². The molecule has 1 N–H and O–H groups in total. The molecule has 1 aromatic heterocycles. The summed E-state index contributed by atoms with van der Waals surface area (Å²) >= 11 is 3.52. The van der Waals surface area contributed by atoms with E-state index >= 15 is 0 Å². The highest BCUT2D eigenvalue weighted by molar-refractivity contribution is 9.10. The maximum atomic E-state index is 4.60. The molecule has 0 aliphatic carbocycles. The van der Waals surface area contributed by atoms with Crippen molar-refractivity contribution in [1.82, 2.24) is 15.1 Å².